The van der Waals surface area contributed by atoms with Crippen molar-refractivity contribution in [3.05, 3.63) is 41.9 Å². The smallest absolute Gasteiger partial charge is 0.274 e. The van der Waals surface area contributed by atoms with Gasteiger partial charge in [0.1, 0.15) is 0 Å². The summed E-state index contributed by atoms with van der Waals surface area (Å²) >= 11 is 0. The molecular weight excluding hydrogens is 358 g/mol. The molecule has 2 fully saturated rings. The lowest BCUT2D eigenvalue weighted by molar-refractivity contribution is 0.0724. The highest BCUT2D eigenvalue weighted by atomic mass is 16.5. The third kappa shape index (κ3) is 3.94. The highest BCUT2D eigenvalue weighted by molar-refractivity contribution is 6.04. The van der Waals surface area contributed by atoms with Crippen LogP contribution in [0.4, 0.5) is 0 Å². The Labute approximate surface area is 164 Å². The summed E-state index contributed by atoms with van der Waals surface area (Å²) < 4.78 is 11.1. The van der Waals surface area contributed by atoms with Gasteiger partial charge in [0.15, 0.2) is 17.8 Å². The molecule has 4 rings (SSSR count). The van der Waals surface area contributed by atoms with Gasteiger partial charge in [0, 0.05) is 31.8 Å². The first-order valence-electron chi connectivity index (χ1n) is 9.96. The van der Waals surface area contributed by atoms with E-state index in [2.05, 4.69) is 10.3 Å². The van der Waals surface area contributed by atoms with E-state index in [4.69, 9.17) is 9.15 Å². The third-order valence-electron chi connectivity index (χ3n) is 5.34. The van der Waals surface area contributed by atoms with Crippen LogP contribution in [0.1, 0.15) is 53.0 Å². The van der Waals surface area contributed by atoms with Crippen LogP contribution in [0.15, 0.2) is 35.1 Å². The lowest BCUT2D eigenvalue weighted by Gasteiger charge is -2.27. The molecule has 0 saturated carbocycles. The van der Waals surface area contributed by atoms with Crippen molar-refractivity contribution < 1.29 is 18.7 Å². The minimum atomic E-state index is -0.320. The van der Waals surface area contributed by atoms with Gasteiger partial charge in [-0.3, -0.25) is 9.59 Å². The summed E-state index contributed by atoms with van der Waals surface area (Å²) in [6.07, 6.45) is 6.45. The highest BCUT2D eigenvalue weighted by Crippen LogP contribution is 2.28. The second kappa shape index (κ2) is 8.56. The number of benzene rings is 1. The molecule has 2 aliphatic rings. The zero-order valence-corrected chi connectivity index (χ0v) is 15.9. The average Bonchev–Trinajstić information content (AvgIpc) is 3.44. The van der Waals surface area contributed by atoms with Gasteiger partial charge >= 0.3 is 0 Å². The minimum Gasteiger partial charge on any atom is -0.443 e. The van der Waals surface area contributed by atoms with Crippen LogP contribution in [0.25, 0.3) is 11.3 Å². The van der Waals surface area contributed by atoms with Crippen molar-refractivity contribution in [2.24, 2.45) is 0 Å². The monoisotopic (exact) mass is 383 g/mol. The van der Waals surface area contributed by atoms with Crippen molar-refractivity contribution in [1.82, 2.24) is 15.2 Å². The number of hydrogen-bond donors (Lipinski definition) is 1. The first-order valence-corrected chi connectivity index (χ1v) is 9.96. The van der Waals surface area contributed by atoms with E-state index in [1.807, 2.05) is 17.0 Å². The van der Waals surface area contributed by atoms with Gasteiger partial charge in [0.2, 0.25) is 0 Å². The van der Waals surface area contributed by atoms with Gasteiger partial charge in [0.05, 0.1) is 11.7 Å². The molecule has 1 atom stereocenters. The van der Waals surface area contributed by atoms with Gasteiger partial charge in [0.25, 0.3) is 11.8 Å². The summed E-state index contributed by atoms with van der Waals surface area (Å²) in [5.41, 5.74) is 1.32. The normalized spacial score (nSPS) is 19.6. The summed E-state index contributed by atoms with van der Waals surface area (Å²) in [5.74, 6) is -0.0253. The summed E-state index contributed by atoms with van der Waals surface area (Å²) in [6, 6.07) is 7.24. The molecule has 2 aliphatic heterocycles. The molecule has 2 amide bonds. The Bertz CT molecular complexity index is 836. The molecule has 0 bridgehead atoms. The minimum absolute atomic E-state index is 0.0302. The number of nitrogens with zero attached hydrogens (tertiary/aromatic N) is 2. The van der Waals surface area contributed by atoms with Crippen LogP contribution in [0.5, 0.6) is 0 Å². The maximum Gasteiger partial charge on any atom is 0.274 e. The lowest BCUT2D eigenvalue weighted by Crippen LogP contribution is -2.36. The second-order valence-electron chi connectivity index (χ2n) is 7.27. The number of ether oxygens (including phenoxy) is 1. The molecule has 3 heterocycles. The molecule has 1 N–H and O–H groups in total. The summed E-state index contributed by atoms with van der Waals surface area (Å²) in [6.45, 7) is 2.71. The van der Waals surface area contributed by atoms with E-state index in [1.54, 1.807) is 12.1 Å². The Balaban J connectivity index is 1.55. The first kappa shape index (κ1) is 18.7. The largest absolute Gasteiger partial charge is 0.443 e. The molecule has 1 aromatic heterocycles. The SMILES string of the molecule is O=C(NCC1CCCO1)c1ncoc1-c1ccccc1C(=O)N1CCCCC1. The van der Waals surface area contributed by atoms with Crippen LogP contribution in [0.3, 0.4) is 0 Å². The van der Waals surface area contributed by atoms with Gasteiger partial charge in [-0.05, 0) is 38.2 Å². The van der Waals surface area contributed by atoms with Gasteiger partial charge in [-0.25, -0.2) is 4.98 Å². The van der Waals surface area contributed by atoms with E-state index in [0.717, 1.165) is 51.8 Å². The van der Waals surface area contributed by atoms with Crippen molar-refractivity contribution in [2.45, 2.75) is 38.2 Å². The second-order valence-corrected chi connectivity index (χ2v) is 7.27. The molecule has 0 spiro atoms. The maximum atomic E-state index is 13.0. The fourth-order valence-electron chi connectivity index (χ4n) is 3.83. The Kier molecular flexibility index (Phi) is 5.71. The van der Waals surface area contributed by atoms with Gasteiger partial charge in [-0.15, -0.1) is 0 Å². The average molecular weight is 383 g/mol. The fourth-order valence-corrected chi connectivity index (χ4v) is 3.83. The van der Waals surface area contributed by atoms with Crippen LogP contribution in [0.2, 0.25) is 0 Å². The third-order valence-corrected chi connectivity index (χ3v) is 5.34. The van der Waals surface area contributed by atoms with Crippen LogP contribution in [-0.4, -0.2) is 54.0 Å². The maximum absolute atomic E-state index is 13.0. The Morgan fingerprint density at radius 2 is 1.96 bits per heavy atom. The van der Waals surface area contributed by atoms with Gasteiger partial charge < -0.3 is 19.4 Å². The molecule has 1 aromatic carbocycles. The van der Waals surface area contributed by atoms with Crippen molar-refractivity contribution in [2.75, 3.05) is 26.2 Å². The number of piperidine rings is 1. The first-order chi connectivity index (χ1) is 13.7. The topological polar surface area (TPSA) is 84.7 Å². The molecule has 28 heavy (non-hydrogen) atoms. The fraction of sp³-hybridized carbons (Fsp3) is 0.476. The molecular formula is C21H25N3O4. The van der Waals surface area contributed by atoms with Gasteiger partial charge in [-0.2, -0.15) is 0 Å². The van der Waals surface area contributed by atoms with E-state index >= 15 is 0 Å². The highest BCUT2D eigenvalue weighted by Gasteiger charge is 2.26. The number of carbonyl (C=O) groups excluding carboxylic acids is 2. The molecule has 0 aliphatic carbocycles. The Morgan fingerprint density at radius 1 is 1.14 bits per heavy atom. The van der Waals surface area contributed by atoms with Crippen molar-refractivity contribution >= 4 is 11.8 Å². The van der Waals surface area contributed by atoms with Crippen LogP contribution < -0.4 is 5.32 Å². The zero-order chi connectivity index (χ0) is 19.3. The molecule has 148 valence electrons. The standard InChI is InChI=1S/C21H25N3O4/c25-20(22-13-15-7-6-12-27-15)18-19(28-14-23-18)16-8-2-3-9-17(16)21(26)24-10-4-1-5-11-24/h2-3,8-9,14-15H,1,4-7,10-13H2,(H,22,25). The molecule has 2 aromatic rings. The lowest BCUT2D eigenvalue weighted by atomic mass is 10.0. The van der Waals surface area contributed by atoms with E-state index in [9.17, 15) is 9.59 Å². The number of rotatable bonds is 5. The zero-order valence-electron chi connectivity index (χ0n) is 15.9. The molecule has 7 nitrogen and oxygen atoms in total. The molecule has 0 radical (unpaired) electrons. The van der Waals surface area contributed by atoms with Crippen LogP contribution in [0, 0.1) is 0 Å². The van der Waals surface area contributed by atoms with Crippen molar-refractivity contribution in [1.29, 1.82) is 0 Å². The van der Waals surface area contributed by atoms with Crippen molar-refractivity contribution in [3.63, 3.8) is 0 Å². The quantitative estimate of drug-likeness (QED) is 0.858. The molecule has 7 heteroatoms. The van der Waals surface area contributed by atoms with E-state index in [-0.39, 0.29) is 23.6 Å². The van der Waals surface area contributed by atoms with E-state index in [1.165, 1.54) is 6.39 Å². The van der Waals surface area contributed by atoms with Gasteiger partial charge in [-0.1, -0.05) is 18.2 Å². The predicted octanol–water partition coefficient (Wildman–Crippen LogP) is 2.88. The number of amides is 2. The summed E-state index contributed by atoms with van der Waals surface area (Å²) in [7, 11) is 0. The molecule has 2 saturated heterocycles. The molecule has 1 unspecified atom stereocenters. The number of oxazole rings is 1. The van der Waals surface area contributed by atoms with Crippen LogP contribution in [-0.2, 0) is 4.74 Å². The Hall–Kier alpha value is -2.67. The number of likely N-dealkylation sites (tertiary alicyclic amines) is 1. The van der Waals surface area contributed by atoms with Crippen LogP contribution >= 0.6 is 0 Å². The number of hydrogen-bond acceptors (Lipinski definition) is 5. The summed E-state index contributed by atoms with van der Waals surface area (Å²) in [5, 5.41) is 2.87. The summed E-state index contributed by atoms with van der Waals surface area (Å²) in [4.78, 5) is 31.7. The van der Waals surface area contributed by atoms with E-state index < -0.39 is 0 Å². The predicted molar refractivity (Wildman–Crippen MR) is 103 cm³/mol. The van der Waals surface area contributed by atoms with E-state index in [0.29, 0.717) is 23.4 Å². The number of carbonyl (C=O) groups is 2. The number of nitrogens with one attached hydrogen (secondary N) is 1. The van der Waals surface area contributed by atoms with Crippen molar-refractivity contribution in [3.8, 4) is 11.3 Å². The number of aromatic nitrogens is 1. The Morgan fingerprint density at radius 3 is 2.75 bits per heavy atom.